The van der Waals surface area contributed by atoms with Gasteiger partial charge in [0, 0.05) is 6.61 Å². The molecule has 0 aromatic heterocycles. The minimum Gasteiger partial charge on any atom is -0.378 e. The van der Waals surface area contributed by atoms with Gasteiger partial charge in [-0.1, -0.05) is 20.3 Å². The van der Waals surface area contributed by atoms with Crippen LogP contribution in [-0.2, 0) is 4.74 Å². The van der Waals surface area contributed by atoms with Crippen LogP contribution in [0, 0.1) is 5.92 Å². The molecule has 1 heteroatoms. The summed E-state index contributed by atoms with van der Waals surface area (Å²) in [6.45, 7) is 5.57. The molecule has 1 aliphatic rings. The van der Waals surface area contributed by atoms with E-state index in [4.69, 9.17) is 4.74 Å². The van der Waals surface area contributed by atoms with Crippen LogP contribution in [0.25, 0.3) is 0 Å². The normalized spacial score (nSPS) is 28.4. The summed E-state index contributed by atoms with van der Waals surface area (Å²) in [7, 11) is 0. The standard InChI is InChI=1S/C10H20O/c1-3-6-9(2)10-7-4-5-8-11-10/h9-10H,3-8H2,1-2H3. The number of hydrogen-bond acceptors (Lipinski definition) is 1. The average Bonchev–Trinajstić information content (AvgIpc) is 2.07. The van der Waals surface area contributed by atoms with Gasteiger partial charge in [0.25, 0.3) is 0 Å². The van der Waals surface area contributed by atoms with Crippen molar-refractivity contribution in [3.8, 4) is 0 Å². The molecule has 0 saturated carbocycles. The van der Waals surface area contributed by atoms with Gasteiger partial charge in [-0.25, -0.2) is 0 Å². The number of hydrogen-bond donors (Lipinski definition) is 0. The van der Waals surface area contributed by atoms with E-state index in [1.54, 1.807) is 0 Å². The van der Waals surface area contributed by atoms with Crippen molar-refractivity contribution >= 4 is 0 Å². The van der Waals surface area contributed by atoms with E-state index < -0.39 is 0 Å². The molecule has 1 nitrogen and oxygen atoms in total. The molecule has 2 atom stereocenters. The molecule has 0 aliphatic carbocycles. The molecule has 2 unspecified atom stereocenters. The molecule has 11 heavy (non-hydrogen) atoms. The van der Waals surface area contributed by atoms with Gasteiger partial charge < -0.3 is 4.74 Å². The molecule has 0 amide bonds. The highest BCUT2D eigenvalue weighted by molar-refractivity contribution is 4.69. The van der Waals surface area contributed by atoms with Gasteiger partial charge in [-0.2, -0.15) is 0 Å². The lowest BCUT2D eigenvalue weighted by atomic mass is 9.94. The lowest BCUT2D eigenvalue weighted by molar-refractivity contribution is -0.0183. The number of ether oxygens (including phenoxy) is 1. The van der Waals surface area contributed by atoms with Crippen LogP contribution in [0.3, 0.4) is 0 Å². The first-order valence-electron chi connectivity index (χ1n) is 4.96. The van der Waals surface area contributed by atoms with Crippen LogP contribution < -0.4 is 0 Å². The molecule has 0 bridgehead atoms. The van der Waals surface area contributed by atoms with Crippen LogP contribution in [0.2, 0.25) is 0 Å². The Morgan fingerprint density at radius 3 is 2.82 bits per heavy atom. The summed E-state index contributed by atoms with van der Waals surface area (Å²) in [5, 5.41) is 0. The second-order valence-electron chi connectivity index (χ2n) is 3.67. The van der Waals surface area contributed by atoms with Crippen LogP contribution in [-0.4, -0.2) is 12.7 Å². The lowest BCUT2D eigenvalue weighted by Crippen LogP contribution is -2.25. The third-order valence-corrected chi connectivity index (χ3v) is 2.59. The maximum Gasteiger partial charge on any atom is 0.0600 e. The predicted molar refractivity (Wildman–Crippen MR) is 47.7 cm³/mol. The van der Waals surface area contributed by atoms with E-state index in [0.717, 1.165) is 12.5 Å². The fourth-order valence-electron chi connectivity index (χ4n) is 1.86. The Bertz CT molecular complexity index is 95.0. The first kappa shape index (κ1) is 9.05. The summed E-state index contributed by atoms with van der Waals surface area (Å²) in [6, 6.07) is 0. The largest absolute Gasteiger partial charge is 0.378 e. The predicted octanol–water partition coefficient (Wildman–Crippen LogP) is 2.99. The second kappa shape index (κ2) is 4.76. The van der Waals surface area contributed by atoms with Gasteiger partial charge in [-0.3, -0.25) is 0 Å². The van der Waals surface area contributed by atoms with Crippen LogP contribution in [0.15, 0.2) is 0 Å². The molecule has 0 aromatic rings. The molecule has 1 saturated heterocycles. The van der Waals surface area contributed by atoms with Crippen molar-refractivity contribution < 1.29 is 4.74 Å². The van der Waals surface area contributed by atoms with Gasteiger partial charge in [0.05, 0.1) is 6.10 Å². The van der Waals surface area contributed by atoms with Crippen molar-refractivity contribution in [2.75, 3.05) is 6.61 Å². The fourth-order valence-corrected chi connectivity index (χ4v) is 1.86. The van der Waals surface area contributed by atoms with Gasteiger partial charge in [0.15, 0.2) is 0 Å². The van der Waals surface area contributed by atoms with Gasteiger partial charge in [0.1, 0.15) is 0 Å². The summed E-state index contributed by atoms with van der Waals surface area (Å²) >= 11 is 0. The highest BCUT2D eigenvalue weighted by atomic mass is 16.5. The SMILES string of the molecule is CCCC(C)C1CCCCO1. The quantitative estimate of drug-likeness (QED) is 0.610. The minimum atomic E-state index is 0.573. The zero-order valence-corrected chi connectivity index (χ0v) is 7.81. The zero-order valence-electron chi connectivity index (χ0n) is 7.81. The molecule has 1 rings (SSSR count). The Morgan fingerprint density at radius 1 is 1.45 bits per heavy atom. The molecule has 1 heterocycles. The molecule has 0 spiro atoms. The Kier molecular flexibility index (Phi) is 3.92. The summed E-state index contributed by atoms with van der Waals surface area (Å²) < 4.78 is 5.69. The highest BCUT2D eigenvalue weighted by Gasteiger charge is 2.19. The van der Waals surface area contributed by atoms with Crippen LogP contribution in [0.4, 0.5) is 0 Å². The highest BCUT2D eigenvalue weighted by Crippen LogP contribution is 2.22. The zero-order chi connectivity index (χ0) is 8.10. The van der Waals surface area contributed by atoms with Gasteiger partial charge >= 0.3 is 0 Å². The molecule has 1 fully saturated rings. The Morgan fingerprint density at radius 2 is 2.27 bits per heavy atom. The topological polar surface area (TPSA) is 9.23 Å². The van der Waals surface area contributed by atoms with Crippen molar-refractivity contribution in [3.05, 3.63) is 0 Å². The second-order valence-corrected chi connectivity index (χ2v) is 3.67. The summed E-state index contributed by atoms with van der Waals surface area (Å²) in [4.78, 5) is 0. The summed E-state index contributed by atoms with van der Waals surface area (Å²) in [5.74, 6) is 0.778. The van der Waals surface area contributed by atoms with Crippen LogP contribution in [0.5, 0.6) is 0 Å². The van der Waals surface area contributed by atoms with E-state index in [0.29, 0.717) is 6.10 Å². The molecule has 1 aliphatic heterocycles. The Balaban J connectivity index is 2.21. The first-order chi connectivity index (χ1) is 5.34. The van der Waals surface area contributed by atoms with Crippen molar-refractivity contribution in [1.29, 1.82) is 0 Å². The van der Waals surface area contributed by atoms with Gasteiger partial charge in [0.2, 0.25) is 0 Å². The van der Waals surface area contributed by atoms with E-state index in [2.05, 4.69) is 13.8 Å². The van der Waals surface area contributed by atoms with E-state index in [1.165, 1.54) is 32.1 Å². The van der Waals surface area contributed by atoms with Crippen molar-refractivity contribution in [1.82, 2.24) is 0 Å². The molecule has 0 aromatic carbocycles. The van der Waals surface area contributed by atoms with E-state index in [-0.39, 0.29) is 0 Å². The van der Waals surface area contributed by atoms with Crippen molar-refractivity contribution in [2.45, 2.75) is 52.1 Å². The van der Waals surface area contributed by atoms with E-state index in [1.807, 2.05) is 0 Å². The first-order valence-corrected chi connectivity index (χ1v) is 4.96. The van der Waals surface area contributed by atoms with Crippen molar-refractivity contribution in [3.63, 3.8) is 0 Å². The Hall–Kier alpha value is -0.0400. The maximum atomic E-state index is 5.69. The van der Waals surface area contributed by atoms with Crippen molar-refractivity contribution in [2.24, 2.45) is 5.92 Å². The average molecular weight is 156 g/mol. The van der Waals surface area contributed by atoms with Gasteiger partial charge in [-0.15, -0.1) is 0 Å². The molecular formula is C10H20O. The Labute approximate surface area is 70.1 Å². The maximum absolute atomic E-state index is 5.69. The third-order valence-electron chi connectivity index (χ3n) is 2.59. The van der Waals surface area contributed by atoms with Crippen LogP contribution >= 0.6 is 0 Å². The smallest absolute Gasteiger partial charge is 0.0600 e. The fraction of sp³-hybridized carbons (Fsp3) is 1.00. The molecule has 66 valence electrons. The van der Waals surface area contributed by atoms with E-state index in [9.17, 15) is 0 Å². The van der Waals surface area contributed by atoms with E-state index >= 15 is 0 Å². The monoisotopic (exact) mass is 156 g/mol. The summed E-state index contributed by atoms with van der Waals surface area (Å²) in [6.07, 6.45) is 7.13. The molecular weight excluding hydrogens is 136 g/mol. The lowest BCUT2D eigenvalue weighted by Gasteiger charge is -2.27. The molecule has 0 N–H and O–H groups in total. The third kappa shape index (κ3) is 2.82. The number of rotatable bonds is 3. The molecule has 0 radical (unpaired) electrons. The summed E-state index contributed by atoms with van der Waals surface area (Å²) in [5.41, 5.74) is 0. The van der Waals surface area contributed by atoms with Gasteiger partial charge in [-0.05, 0) is 31.6 Å². The minimum absolute atomic E-state index is 0.573. The van der Waals surface area contributed by atoms with Crippen LogP contribution in [0.1, 0.15) is 46.0 Å².